The molecule has 0 radical (unpaired) electrons. The predicted octanol–water partition coefficient (Wildman–Crippen LogP) is 1.13. The Kier molecular flexibility index (Phi) is 5.26. The number of ether oxygens (including phenoxy) is 1. The number of rotatable bonds is 4. The van der Waals surface area contributed by atoms with Gasteiger partial charge in [0, 0.05) is 43.3 Å². The Morgan fingerprint density at radius 1 is 1.30 bits per heavy atom. The van der Waals surface area contributed by atoms with Gasteiger partial charge in [0.25, 0.3) is 0 Å². The molecular formula is C17H20N4O2. The van der Waals surface area contributed by atoms with E-state index in [0.29, 0.717) is 32.7 Å². The van der Waals surface area contributed by atoms with E-state index in [9.17, 15) is 4.79 Å². The summed E-state index contributed by atoms with van der Waals surface area (Å²) < 4.78 is 5.66. The standard InChI is InChI=1S/C17H20N4O2/c22-17(9-14-2-1-4-18-10-14)21-6-7-23-12-15(11-21)8-16-3-5-19-13-20-16/h1-5,10,13,15H,6-9,11-12H2/t15-/m1/s1. The highest BCUT2D eigenvalue weighted by atomic mass is 16.5. The van der Waals surface area contributed by atoms with E-state index in [1.165, 1.54) is 0 Å². The summed E-state index contributed by atoms with van der Waals surface area (Å²) >= 11 is 0. The Balaban J connectivity index is 1.61. The first kappa shape index (κ1) is 15.6. The minimum absolute atomic E-state index is 0.121. The maximum absolute atomic E-state index is 12.5. The number of carbonyl (C=O) groups is 1. The summed E-state index contributed by atoms with van der Waals surface area (Å²) in [5.41, 5.74) is 1.92. The lowest BCUT2D eigenvalue weighted by atomic mass is 10.0. The maximum atomic E-state index is 12.5. The van der Waals surface area contributed by atoms with Crippen molar-refractivity contribution in [3.63, 3.8) is 0 Å². The number of pyridine rings is 1. The summed E-state index contributed by atoms with van der Waals surface area (Å²) in [6, 6.07) is 5.69. The Morgan fingerprint density at radius 3 is 3.04 bits per heavy atom. The molecule has 2 aromatic heterocycles. The topological polar surface area (TPSA) is 68.2 Å². The van der Waals surface area contributed by atoms with Crippen LogP contribution in [0.4, 0.5) is 0 Å². The van der Waals surface area contributed by atoms with E-state index < -0.39 is 0 Å². The lowest BCUT2D eigenvalue weighted by molar-refractivity contribution is -0.130. The van der Waals surface area contributed by atoms with Gasteiger partial charge in [-0.3, -0.25) is 9.78 Å². The number of carbonyl (C=O) groups excluding carboxylic acids is 1. The van der Waals surface area contributed by atoms with E-state index in [1.54, 1.807) is 24.9 Å². The number of hydrogen-bond donors (Lipinski definition) is 0. The van der Waals surface area contributed by atoms with Crippen molar-refractivity contribution in [3.8, 4) is 0 Å². The zero-order valence-corrected chi connectivity index (χ0v) is 13.0. The van der Waals surface area contributed by atoms with Crippen LogP contribution in [0.3, 0.4) is 0 Å². The zero-order chi connectivity index (χ0) is 15.9. The van der Waals surface area contributed by atoms with Gasteiger partial charge in [-0.05, 0) is 24.1 Å². The van der Waals surface area contributed by atoms with Gasteiger partial charge in [0.2, 0.25) is 5.91 Å². The molecule has 3 heterocycles. The normalized spacial score (nSPS) is 18.4. The minimum Gasteiger partial charge on any atom is -0.379 e. The molecule has 1 atom stereocenters. The Morgan fingerprint density at radius 2 is 2.26 bits per heavy atom. The largest absolute Gasteiger partial charge is 0.379 e. The van der Waals surface area contributed by atoms with Crippen LogP contribution in [0.25, 0.3) is 0 Å². The van der Waals surface area contributed by atoms with Gasteiger partial charge >= 0.3 is 0 Å². The van der Waals surface area contributed by atoms with E-state index in [-0.39, 0.29) is 11.8 Å². The van der Waals surface area contributed by atoms with Crippen LogP contribution in [-0.2, 0) is 22.4 Å². The maximum Gasteiger partial charge on any atom is 0.227 e. The SMILES string of the molecule is O=C(Cc1cccnc1)N1CCOC[C@H](Cc2ccncn2)C1. The summed E-state index contributed by atoms with van der Waals surface area (Å²) in [6.07, 6.45) is 7.92. The van der Waals surface area contributed by atoms with Crippen molar-refractivity contribution in [1.29, 1.82) is 0 Å². The van der Waals surface area contributed by atoms with Crippen LogP contribution in [-0.4, -0.2) is 52.1 Å². The first-order valence-corrected chi connectivity index (χ1v) is 7.80. The lowest BCUT2D eigenvalue weighted by Gasteiger charge is -2.23. The molecule has 0 saturated carbocycles. The van der Waals surface area contributed by atoms with Gasteiger partial charge in [0.05, 0.1) is 19.6 Å². The lowest BCUT2D eigenvalue weighted by Crippen LogP contribution is -2.37. The van der Waals surface area contributed by atoms with Gasteiger partial charge in [-0.15, -0.1) is 0 Å². The molecule has 1 fully saturated rings. The molecule has 0 unspecified atom stereocenters. The van der Waals surface area contributed by atoms with Gasteiger partial charge in [-0.1, -0.05) is 6.07 Å². The first-order valence-electron chi connectivity index (χ1n) is 7.80. The van der Waals surface area contributed by atoms with E-state index >= 15 is 0 Å². The van der Waals surface area contributed by atoms with Crippen molar-refractivity contribution in [3.05, 3.63) is 54.4 Å². The summed E-state index contributed by atoms with van der Waals surface area (Å²) in [6.45, 7) is 2.57. The third-order valence-corrected chi connectivity index (χ3v) is 3.91. The molecule has 0 aromatic carbocycles. The summed E-state index contributed by atoms with van der Waals surface area (Å²) in [5.74, 6) is 0.376. The highest BCUT2D eigenvalue weighted by Crippen LogP contribution is 2.13. The van der Waals surface area contributed by atoms with Crippen LogP contribution in [0, 0.1) is 5.92 Å². The quantitative estimate of drug-likeness (QED) is 0.846. The molecular weight excluding hydrogens is 292 g/mol. The second kappa shape index (κ2) is 7.78. The van der Waals surface area contributed by atoms with Gasteiger partial charge in [-0.2, -0.15) is 0 Å². The van der Waals surface area contributed by atoms with Crippen LogP contribution >= 0.6 is 0 Å². The monoisotopic (exact) mass is 312 g/mol. The average Bonchev–Trinajstić information content (AvgIpc) is 2.82. The molecule has 0 spiro atoms. The molecule has 6 nitrogen and oxygen atoms in total. The molecule has 2 aromatic rings. The van der Waals surface area contributed by atoms with E-state index in [1.807, 2.05) is 23.1 Å². The predicted molar refractivity (Wildman–Crippen MR) is 84.6 cm³/mol. The Hall–Kier alpha value is -2.34. The smallest absolute Gasteiger partial charge is 0.227 e. The molecule has 1 amide bonds. The summed E-state index contributed by atoms with van der Waals surface area (Å²) in [5, 5.41) is 0. The van der Waals surface area contributed by atoms with Crippen molar-refractivity contribution in [2.24, 2.45) is 5.92 Å². The van der Waals surface area contributed by atoms with Crippen molar-refractivity contribution in [2.45, 2.75) is 12.8 Å². The van der Waals surface area contributed by atoms with Crippen molar-refractivity contribution >= 4 is 5.91 Å². The zero-order valence-electron chi connectivity index (χ0n) is 13.0. The van der Waals surface area contributed by atoms with Crippen molar-refractivity contribution in [2.75, 3.05) is 26.3 Å². The molecule has 6 heteroatoms. The van der Waals surface area contributed by atoms with E-state index in [0.717, 1.165) is 17.7 Å². The van der Waals surface area contributed by atoms with Gasteiger partial charge in [-0.25, -0.2) is 9.97 Å². The number of amides is 1. The van der Waals surface area contributed by atoms with Crippen molar-refractivity contribution in [1.82, 2.24) is 19.9 Å². The van der Waals surface area contributed by atoms with Crippen LogP contribution in [0.5, 0.6) is 0 Å². The molecule has 120 valence electrons. The Labute approximate surface area is 135 Å². The third-order valence-electron chi connectivity index (χ3n) is 3.91. The van der Waals surface area contributed by atoms with E-state index in [2.05, 4.69) is 15.0 Å². The Bertz CT molecular complexity index is 621. The molecule has 0 bridgehead atoms. The highest BCUT2D eigenvalue weighted by Gasteiger charge is 2.23. The van der Waals surface area contributed by atoms with Crippen LogP contribution in [0.15, 0.2) is 43.1 Å². The second-order valence-electron chi connectivity index (χ2n) is 5.72. The number of hydrogen-bond acceptors (Lipinski definition) is 5. The third kappa shape index (κ3) is 4.56. The number of aromatic nitrogens is 3. The van der Waals surface area contributed by atoms with Gasteiger partial charge < -0.3 is 9.64 Å². The van der Waals surface area contributed by atoms with Crippen LogP contribution < -0.4 is 0 Å². The second-order valence-corrected chi connectivity index (χ2v) is 5.72. The van der Waals surface area contributed by atoms with Crippen molar-refractivity contribution < 1.29 is 9.53 Å². The fourth-order valence-corrected chi connectivity index (χ4v) is 2.75. The molecule has 1 aliphatic heterocycles. The fourth-order valence-electron chi connectivity index (χ4n) is 2.75. The summed E-state index contributed by atoms with van der Waals surface area (Å²) in [4.78, 5) is 26.7. The van der Waals surface area contributed by atoms with Crippen LogP contribution in [0.1, 0.15) is 11.3 Å². The molecule has 3 rings (SSSR count). The highest BCUT2D eigenvalue weighted by molar-refractivity contribution is 5.78. The fraction of sp³-hybridized carbons (Fsp3) is 0.412. The molecule has 23 heavy (non-hydrogen) atoms. The summed E-state index contributed by atoms with van der Waals surface area (Å²) in [7, 11) is 0. The van der Waals surface area contributed by atoms with Crippen LogP contribution in [0.2, 0.25) is 0 Å². The molecule has 0 aliphatic carbocycles. The minimum atomic E-state index is 0.121. The number of nitrogens with zero attached hydrogens (tertiary/aromatic N) is 4. The molecule has 1 saturated heterocycles. The van der Waals surface area contributed by atoms with E-state index in [4.69, 9.17) is 4.74 Å². The van der Waals surface area contributed by atoms with Gasteiger partial charge in [0.15, 0.2) is 0 Å². The molecule has 0 N–H and O–H groups in total. The average molecular weight is 312 g/mol. The van der Waals surface area contributed by atoms with Gasteiger partial charge in [0.1, 0.15) is 6.33 Å². The molecule has 1 aliphatic rings. The first-order chi connectivity index (χ1) is 11.3.